The Morgan fingerprint density at radius 3 is 2.51 bits per heavy atom. The zero-order chi connectivity index (χ0) is 26.9. The molecule has 0 radical (unpaired) electrons. The van der Waals surface area contributed by atoms with Crippen LogP contribution < -0.4 is 11.1 Å². The monoisotopic (exact) mass is 517 g/mol. The quantitative estimate of drug-likeness (QED) is 0.588. The number of benzene rings is 2. The average molecular weight is 518 g/mol. The van der Waals surface area contributed by atoms with Gasteiger partial charge in [0.15, 0.2) is 0 Å². The molecule has 0 bridgehead atoms. The Hall–Kier alpha value is -2.95. The van der Waals surface area contributed by atoms with E-state index < -0.39 is 23.6 Å². The fourth-order valence-corrected chi connectivity index (χ4v) is 5.37. The van der Waals surface area contributed by atoms with E-state index in [2.05, 4.69) is 10.2 Å². The Morgan fingerprint density at radius 1 is 1.11 bits per heavy atom. The van der Waals surface area contributed by atoms with Crippen molar-refractivity contribution < 1.29 is 22.8 Å². The van der Waals surface area contributed by atoms with E-state index in [-0.39, 0.29) is 30.3 Å². The molecule has 1 fully saturated rings. The van der Waals surface area contributed by atoms with Crippen LogP contribution in [0.1, 0.15) is 51.9 Å². The molecule has 2 aliphatic heterocycles. The molecule has 2 aliphatic rings. The van der Waals surface area contributed by atoms with E-state index in [0.717, 1.165) is 36.7 Å². The SMILES string of the molecule is C[C@H]1CN(CC(N)=O)Cc2cc(C(=O)Nc3ccc(CN4CC[C@@H](N(C)C)C4)c(C(F)(F)F)c3)ccc21. The molecule has 200 valence electrons. The van der Waals surface area contributed by atoms with E-state index in [1.54, 1.807) is 12.1 Å². The molecule has 2 heterocycles. The number of carbonyl (C=O) groups is 2. The lowest BCUT2D eigenvalue weighted by atomic mass is 9.89. The number of hydrogen-bond donors (Lipinski definition) is 2. The summed E-state index contributed by atoms with van der Waals surface area (Å²) >= 11 is 0. The van der Waals surface area contributed by atoms with Crippen LogP contribution in [0, 0.1) is 0 Å². The van der Waals surface area contributed by atoms with E-state index in [0.29, 0.717) is 24.7 Å². The number of amides is 2. The zero-order valence-electron chi connectivity index (χ0n) is 21.4. The van der Waals surface area contributed by atoms with Gasteiger partial charge in [-0.1, -0.05) is 19.1 Å². The second kappa shape index (κ2) is 10.8. The van der Waals surface area contributed by atoms with E-state index in [1.807, 2.05) is 36.9 Å². The van der Waals surface area contributed by atoms with Crippen molar-refractivity contribution >= 4 is 17.5 Å². The van der Waals surface area contributed by atoms with Crippen molar-refractivity contribution in [2.24, 2.45) is 5.73 Å². The van der Waals surface area contributed by atoms with Crippen LogP contribution in [-0.2, 0) is 24.1 Å². The molecule has 2 atom stereocenters. The lowest BCUT2D eigenvalue weighted by Crippen LogP contribution is -2.38. The van der Waals surface area contributed by atoms with Crippen molar-refractivity contribution in [1.29, 1.82) is 0 Å². The fourth-order valence-electron chi connectivity index (χ4n) is 5.37. The highest BCUT2D eigenvalue weighted by Crippen LogP contribution is 2.35. The predicted molar refractivity (Wildman–Crippen MR) is 136 cm³/mol. The molecule has 10 heteroatoms. The number of likely N-dealkylation sites (tertiary alicyclic amines) is 1. The molecule has 2 aromatic rings. The Labute approximate surface area is 215 Å². The van der Waals surface area contributed by atoms with Crippen LogP contribution in [0.3, 0.4) is 0 Å². The van der Waals surface area contributed by atoms with Gasteiger partial charge in [-0.15, -0.1) is 0 Å². The predicted octanol–water partition coefficient (Wildman–Crippen LogP) is 3.50. The number of fused-ring (bicyclic) bond motifs is 1. The molecule has 4 rings (SSSR count). The standard InChI is InChI=1S/C27H34F3N5O2/c1-17-12-35(16-25(31)36)14-20-10-18(5-7-23(17)20)26(37)32-21-6-4-19(24(11-21)27(28,29)30)13-34-9-8-22(15-34)33(2)3/h4-7,10-11,17,22H,8-9,12-16H2,1-3H3,(H2,31,36)(H,32,37)/t17-,22+/m0/s1. The first-order chi connectivity index (χ1) is 17.4. The third kappa shape index (κ3) is 6.49. The Balaban J connectivity index is 1.50. The zero-order valence-corrected chi connectivity index (χ0v) is 21.4. The fraction of sp³-hybridized carbons (Fsp3) is 0.481. The van der Waals surface area contributed by atoms with Crippen LogP contribution in [-0.4, -0.2) is 72.8 Å². The number of nitrogens with two attached hydrogens (primary N) is 1. The molecule has 37 heavy (non-hydrogen) atoms. The largest absolute Gasteiger partial charge is 0.416 e. The van der Waals surface area contributed by atoms with Gasteiger partial charge in [0.2, 0.25) is 5.91 Å². The van der Waals surface area contributed by atoms with E-state index >= 15 is 0 Å². The first-order valence-electron chi connectivity index (χ1n) is 12.4. The molecule has 3 N–H and O–H groups in total. The van der Waals surface area contributed by atoms with E-state index in [1.165, 1.54) is 12.1 Å². The normalized spacial score (nSPS) is 20.7. The number of alkyl halides is 3. The molecule has 7 nitrogen and oxygen atoms in total. The molecule has 0 unspecified atom stereocenters. The first-order valence-corrected chi connectivity index (χ1v) is 12.4. The Bertz CT molecular complexity index is 1170. The molecular formula is C27H34F3N5O2. The number of rotatable bonds is 7. The van der Waals surface area contributed by atoms with E-state index in [4.69, 9.17) is 5.73 Å². The van der Waals surface area contributed by atoms with Gasteiger partial charge in [0, 0.05) is 50.0 Å². The van der Waals surface area contributed by atoms with E-state index in [9.17, 15) is 22.8 Å². The Kier molecular flexibility index (Phi) is 7.91. The summed E-state index contributed by atoms with van der Waals surface area (Å²) in [7, 11) is 3.96. The van der Waals surface area contributed by atoms with Crippen molar-refractivity contribution in [1.82, 2.24) is 14.7 Å². The lowest BCUT2D eigenvalue weighted by Gasteiger charge is -2.32. The minimum absolute atomic E-state index is 0.0927. The number of halogens is 3. The van der Waals surface area contributed by atoms with Gasteiger partial charge in [-0.05, 0) is 67.4 Å². The van der Waals surface area contributed by atoms with Crippen LogP contribution in [0.25, 0.3) is 0 Å². The highest BCUT2D eigenvalue weighted by Gasteiger charge is 2.35. The van der Waals surface area contributed by atoms with Gasteiger partial charge in [0.25, 0.3) is 5.91 Å². The van der Waals surface area contributed by atoms with Crippen molar-refractivity contribution in [3.63, 3.8) is 0 Å². The third-order valence-corrected chi connectivity index (χ3v) is 7.29. The van der Waals surface area contributed by atoms with Gasteiger partial charge in [0.05, 0.1) is 12.1 Å². The second-order valence-corrected chi connectivity index (χ2v) is 10.4. The maximum absolute atomic E-state index is 13.9. The molecule has 0 spiro atoms. The molecular weight excluding hydrogens is 483 g/mol. The summed E-state index contributed by atoms with van der Waals surface area (Å²) in [6.45, 7) is 4.99. The van der Waals surface area contributed by atoms with Crippen LogP contribution >= 0.6 is 0 Å². The maximum Gasteiger partial charge on any atom is 0.416 e. The van der Waals surface area contributed by atoms with Crippen LogP contribution in [0.4, 0.5) is 18.9 Å². The summed E-state index contributed by atoms with van der Waals surface area (Å²) in [6, 6.07) is 9.62. The summed E-state index contributed by atoms with van der Waals surface area (Å²) in [5.74, 6) is -0.752. The Morgan fingerprint density at radius 2 is 1.86 bits per heavy atom. The molecule has 1 saturated heterocycles. The number of nitrogens with zero attached hydrogens (tertiary/aromatic N) is 3. The maximum atomic E-state index is 13.9. The smallest absolute Gasteiger partial charge is 0.369 e. The number of anilines is 1. The highest BCUT2D eigenvalue weighted by atomic mass is 19.4. The highest BCUT2D eigenvalue weighted by molar-refractivity contribution is 6.04. The molecule has 2 amide bonds. The summed E-state index contributed by atoms with van der Waals surface area (Å²) < 4.78 is 41.8. The summed E-state index contributed by atoms with van der Waals surface area (Å²) in [5, 5.41) is 2.63. The second-order valence-electron chi connectivity index (χ2n) is 10.4. The molecule has 0 saturated carbocycles. The van der Waals surface area contributed by atoms with Crippen molar-refractivity contribution in [3.8, 4) is 0 Å². The molecule has 0 aliphatic carbocycles. The number of nitrogens with one attached hydrogen (secondary N) is 1. The van der Waals surface area contributed by atoms with Crippen LogP contribution in [0.5, 0.6) is 0 Å². The van der Waals surface area contributed by atoms with Crippen LogP contribution in [0.2, 0.25) is 0 Å². The third-order valence-electron chi connectivity index (χ3n) is 7.29. The van der Waals surface area contributed by atoms with Crippen molar-refractivity contribution in [3.05, 3.63) is 64.2 Å². The van der Waals surface area contributed by atoms with Gasteiger partial charge in [-0.25, -0.2) is 0 Å². The number of likely N-dealkylation sites (N-methyl/N-ethyl adjacent to an activating group) is 1. The lowest BCUT2D eigenvalue weighted by molar-refractivity contribution is -0.138. The van der Waals surface area contributed by atoms with Gasteiger partial charge >= 0.3 is 6.18 Å². The topological polar surface area (TPSA) is 81.9 Å². The minimum Gasteiger partial charge on any atom is -0.369 e. The summed E-state index contributed by atoms with van der Waals surface area (Å²) in [5.41, 5.74) is 7.22. The van der Waals surface area contributed by atoms with Gasteiger partial charge in [-0.3, -0.25) is 19.4 Å². The summed E-state index contributed by atoms with van der Waals surface area (Å²) in [4.78, 5) is 30.4. The number of primary amides is 1. The minimum atomic E-state index is -4.54. The van der Waals surface area contributed by atoms with Gasteiger partial charge in [-0.2, -0.15) is 13.2 Å². The number of carbonyl (C=O) groups excluding carboxylic acids is 2. The van der Waals surface area contributed by atoms with Crippen LogP contribution in [0.15, 0.2) is 36.4 Å². The number of hydrogen-bond acceptors (Lipinski definition) is 5. The molecule has 2 aromatic carbocycles. The van der Waals surface area contributed by atoms with Gasteiger partial charge in [0.1, 0.15) is 0 Å². The average Bonchev–Trinajstić information content (AvgIpc) is 3.27. The summed E-state index contributed by atoms with van der Waals surface area (Å²) in [6.07, 6.45) is -3.62. The molecule has 0 aromatic heterocycles. The van der Waals surface area contributed by atoms with Crippen molar-refractivity contribution in [2.75, 3.05) is 45.6 Å². The first kappa shape index (κ1) is 27.1. The van der Waals surface area contributed by atoms with Crippen molar-refractivity contribution in [2.45, 2.75) is 44.6 Å². The van der Waals surface area contributed by atoms with Gasteiger partial charge < -0.3 is 16.0 Å².